The van der Waals surface area contributed by atoms with Crippen molar-refractivity contribution in [3.8, 4) is 5.75 Å². The second kappa shape index (κ2) is 9.14. The summed E-state index contributed by atoms with van der Waals surface area (Å²) < 4.78 is 19.4. The van der Waals surface area contributed by atoms with Gasteiger partial charge in [-0.2, -0.15) is 0 Å². The molecule has 0 radical (unpaired) electrons. The Hall–Kier alpha value is -2.80. The number of carbonyl (C=O) groups excluding carboxylic acids is 2. The van der Waals surface area contributed by atoms with Crippen molar-refractivity contribution in [3.63, 3.8) is 0 Å². The van der Waals surface area contributed by atoms with E-state index in [-0.39, 0.29) is 22.2 Å². The van der Waals surface area contributed by atoms with Crippen molar-refractivity contribution in [2.75, 3.05) is 4.90 Å². The van der Waals surface area contributed by atoms with Crippen LogP contribution in [0, 0.1) is 5.82 Å². The number of para-hydroxylation sites is 1. The molecule has 1 aliphatic heterocycles. The highest BCUT2D eigenvalue weighted by atomic mass is 35.5. The molecule has 4 nitrogen and oxygen atoms in total. The van der Waals surface area contributed by atoms with Crippen molar-refractivity contribution >= 4 is 57.9 Å². The summed E-state index contributed by atoms with van der Waals surface area (Å²) >= 11 is 12.8. The summed E-state index contributed by atoms with van der Waals surface area (Å²) in [7, 11) is 0. The first-order valence-electron chi connectivity index (χ1n) is 9.12. The number of imide groups is 1. The highest BCUT2D eigenvalue weighted by molar-refractivity contribution is 8.19. The smallest absolute Gasteiger partial charge is 0.298 e. The van der Waals surface area contributed by atoms with E-state index in [4.69, 9.17) is 27.9 Å². The lowest BCUT2D eigenvalue weighted by Gasteiger charge is -2.13. The predicted octanol–water partition coefficient (Wildman–Crippen LogP) is 6.95. The number of carbonyl (C=O) groups is 2. The Morgan fingerprint density at radius 2 is 1.71 bits per heavy atom. The van der Waals surface area contributed by atoms with Crippen LogP contribution in [0.1, 0.15) is 11.1 Å². The van der Waals surface area contributed by atoms with E-state index in [0.29, 0.717) is 16.3 Å². The summed E-state index contributed by atoms with van der Waals surface area (Å²) in [5, 5.41) is -0.0636. The third kappa shape index (κ3) is 4.61. The van der Waals surface area contributed by atoms with Crippen molar-refractivity contribution in [2.45, 2.75) is 6.61 Å². The average Bonchev–Trinajstić information content (AvgIpc) is 3.03. The van der Waals surface area contributed by atoms with Gasteiger partial charge in [-0.15, -0.1) is 0 Å². The molecule has 3 aromatic rings. The summed E-state index contributed by atoms with van der Waals surface area (Å²) in [6, 6.07) is 18.2. The van der Waals surface area contributed by atoms with E-state index < -0.39 is 17.0 Å². The SMILES string of the molecule is O=C1S/C(=C\c2ccccc2OCc2ccccc2Cl)C(=O)N1c1ccc(F)c(Cl)c1. The van der Waals surface area contributed by atoms with Crippen LogP contribution in [0.15, 0.2) is 71.6 Å². The van der Waals surface area contributed by atoms with Crippen molar-refractivity contribution < 1.29 is 18.7 Å². The molecule has 1 saturated heterocycles. The van der Waals surface area contributed by atoms with Crippen LogP contribution in [0.5, 0.6) is 5.75 Å². The Morgan fingerprint density at radius 3 is 2.48 bits per heavy atom. The molecule has 0 bridgehead atoms. The highest BCUT2D eigenvalue weighted by Gasteiger charge is 2.36. The normalized spacial score (nSPS) is 15.1. The quantitative estimate of drug-likeness (QED) is 0.376. The predicted molar refractivity (Wildman–Crippen MR) is 122 cm³/mol. The molecule has 0 aromatic heterocycles. The molecule has 0 saturated carbocycles. The zero-order valence-corrected chi connectivity index (χ0v) is 18.2. The lowest BCUT2D eigenvalue weighted by molar-refractivity contribution is -0.113. The summed E-state index contributed by atoms with van der Waals surface area (Å²) in [5.74, 6) is -0.602. The molecule has 156 valence electrons. The first kappa shape index (κ1) is 21.4. The molecule has 0 N–H and O–H groups in total. The van der Waals surface area contributed by atoms with Crippen molar-refractivity contribution in [1.82, 2.24) is 0 Å². The molecule has 0 spiro atoms. The Morgan fingerprint density at radius 1 is 0.968 bits per heavy atom. The first-order valence-corrected chi connectivity index (χ1v) is 10.7. The van der Waals surface area contributed by atoms with Crippen molar-refractivity contribution in [2.24, 2.45) is 0 Å². The largest absolute Gasteiger partial charge is 0.488 e. The first-order chi connectivity index (χ1) is 14.9. The van der Waals surface area contributed by atoms with Gasteiger partial charge in [0, 0.05) is 16.1 Å². The van der Waals surface area contributed by atoms with Gasteiger partial charge in [-0.05, 0) is 48.2 Å². The zero-order chi connectivity index (χ0) is 22.0. The third-order valence-electron chi connectivity index (χ3n) is 4.50. The minimum Gasteiger partial charge on any atom is -0.488 e. The molecular formula is C23H14Cl2FNO3S. The molecule has 1 heterocycles. The van der Waals surface area contributed by atoms with Crippen molar-refractivity contribution in [3.05, 3.63) is 98.6 Å². The van der Waals surface area contributed by atoms with Crippen LogP contribution in [-0.4, -0.2) is 11.1 Å². The van der Waals surface area contributed by atoms with E-state index >= 15 is 0 Å². The minimum absolute atomic E-state index is 0.168. The molecular weight excluding hydrogens is 460 g/mol. The fourth-order valence-corrected chi connectivity index (χ4v) is 4.16. The number of halogens is 3. The van der Waals surface area contributed by atoms with Crippen LogP contribution in [-0.2, 0) is 11.4 Å². The molecule has 31 heavy (non-hydrogen) atoms. The Kier molecular flexibility index (Phi) is 6.32. The van der Waals surface area contributed by atoms with Gasteiger partial charge in [0.2, 0.25) is 0 Å². The van der Waals surface area contributed by atoms with Crippen LogP contribution >= 0.6 is 35.0 Å². The number of rotatable bonds is 5. The molecule has 8 heteroatoms. The van der Waals surface area contributed by atoms with Gasteiger partial charge in [-0.3, -0.25) is 9.59 Å². The summed E-state index contributed by atoms with van der Waals surface area (Å²) in [6.45, 7) is 0.250. The molecule has 1 fully saturated rings. The van der Waals surface area contributed by atoms with E-state index in [1.165, 1.54) is 12.1 Å². The van der Waals surface area contributed by atoms with Gasteiger partial charge in [0.1, 0.15) is 18.2 Å². The van der Waals surface area contributed by atoms with E-state index in [1.54, 1.807) is 30.3 Å². The Balaban J connectivity index is 1.59. The molecule has 3 aromatic carbocycles. The van der Waals surface area contributed by atoms with Gasteiger partial charge < -0.3 is 4.74 Å². The molecule has 1 aliphatic rings. The zero-order valence-electron chi connectivity index (χ0n) is 15.8. The second-order valence-electron chi connectivity index (χ2n) is 6.53. The van der Waals surface area contributed by atoms with Gasteiger partial charge in [-0.25, -0.2) is 9.29 Å². The molecule has 0 aliphatic carbocycles. The van der Waals surface area contributed by atoms with Crippen LogP contribution in [0.2, 0.25) is 10.0 Å². The van der Waals surface area contributed by atoms with Crippen LogP contribution in [0.4, 0.5) is 14.9 Å². The lowest BCUT2D eigenvalue weighted by Crippen LogP contribution is -2.27. The fourth-order valence-electron chi connectivity index (χ4n) is 2.96. The van der Waals surface area contributed by atoms with Crippen LogP contribution in [0.3, 0.4) is 0 Å². The summed E-state index contributed by atoms with van der Waals surface area (Å²) in [4.78, 5) is 26.5. The Labute approximate surface area is 192 Å². The highest BCUT2D eigenvalue weighted by Crippen LogP contribution is 2.38. The van der Waals surface area contributed by atoms with E-state index in [1.807, 2.05) is 24.3 Å². The number of nitrogens with zero attached hydrogens (tertiary/aromatic N) is 1. The van der Waals surface area contributed by atoms with Gasteiger partial charge in [0.15, 0.2) is 0 Å². The molecule has 4 rings (SSSR count). The standard InChI is InChI=1S/C23H14Cl2FNO3S/c24-17-7-3-1-6-15(17)13-30-20-8-4-2-5-14(20)11-21-22(28)27(23(29)31-21)16-9-10-19(26)18(25)12-16/h1-12H,13H2/b21-11-. The van der Waals surface area contributed by atoms with E-state index in [9.17, 15) is 14.0 Å². The van der Waals surface area contributed by atoms with Crippen LogP contribution in [0.25, 0.3) is 6.08 Å². The minimum atomic E-state index is -0.627. The van der Waals surface area contributed by atoms with Gasteiger partial charge >= 0.3 is 0 Å². The fraction of sp³-hybridized carbons (Fsp3) is 0.0435. The number of hydrogen-bond donors (Lipinski definition) is 0. The summed E-state index contributed by atoms with van der Waals surface area (Å²) in [6.07, 6.45) is 1.60. The Bertz CT molecular complexity index is 1210. The average molecular weight is 474 g/mol. The van der Waals surface area contributed by atoms with Gasteiger partial charge in [-0.1, -0.05) is 59.6 Å². The maximum Gasteiger partial charge on any atom is 0.298 e. The van der Waals surface area contributed by atoms with E-state index in [0.717, 1.165) is 28.3 Å². The topological polar surface area (TPSA) is 46.6 Å². The number of anilines is 1. The maximum absolute atomic E-state index is 13.4. The third-order valence-corrected chi connectivity index (χ3v) is 6.03. The van der Waals surface area contributed by atoms with Crippen molar-refractivity contribution in [1.29, 1.82) is 0 Å². The summed E-state index contributed by atoms with van der Waals surface area (Å²) in [5.41, 5.74) is 1.67. The number of benzene rings is 3. The number of amides is 2. The number of thioether (sulfide) groups is 1. The van der Waals surface area contributed by atoms with E-state index in [2.05, 4.69) is 0 Å². The maximum atomic E-state index is 13.4. The molecule has 0 atom stereocenters. The lowest BCUT2D eigenvalue weighted by atomic mass is 10.1. The van der Waals surface area contributed by atoms with Crippen LogP contribution < -0.4 is 9.64 Å². The number of ether oxygens (including phenoxy) is 1. The number of hydrogen-bond acceptors (Lipinski definition) is 4. The van der Waals surface area contributed by atoms with Gasteiger partial charge in [0.05, 0.1) is 15.6 Å². The monoisotopic (exact) mass is 473 g/mol. The second-order valence-corrected chi connectivity index (χ2v) is 8.34. The molecule has 2 amide bonds. The molecule has 0 unspecified atom stereocenters. The van der Waals surface area contributed by atoms with Gasteiger partial charge in [0.25, 0.3) is 11.1 Å².